The van der Waals surface area contributed by atoms with Crippen LogP contribution in [-0.2, 0) is 26.8 Å². The molecule has 2 heterocycles. The molecule has 0 aliphatic heterocycles. The number of carbonyl (C=O) groups is 3. The molecule has 7 nitrogen and oxygen atoms in total. The maximum absolute atomic E-state index is 12.9. The first-order chi connectivity index (χ1) is 16.7. The summed E-state index contributed by atoms with van der Waals surface area (Å²) >= 11 is 0. The lowest BCUT2D eigenvalue weighted by Gasteiger charge is -2.28. The Morgan fingerprint density at radius 1 is 1.06 bits per heavy atom. The number of carboxylic acids is 1. The van der Waals surface area contributed by atoms with Crippen molar-refractivity contribution in [2.45, 2.75) is 72.1 Å². The van der Waals surface area contributed by atoms with Gasteiger partial charge in [-0.05, 0) is 58.6 Å². The number of carbonyl (C=O) groups excluding carboxylic acids is 2. The fourth-order valence-electron chi connectivity index (χ4n) is 4.35. The van der Waals surface area contributed by atoms with Crippen LogP contribution in [0.4, 0.5) is 0 Å². The lowest BCUT2D eigenvalue weighted by atomic mass is 9.77. The molecule has 0 aliphatic carbocycles. The second kappa shape index (κ2) is 9.80. The number of ketones is 1. The van der Waals surface area contributed by atoms with Crippen molar-refractivity contribution in [3.8, 4) is 5.75 Å². The van der Waals surface area contributed by atoms with Crippen LogP contribution in [0.25, 0.3) is 5.52 Å². The zero-order valence-corrected chi connectivity index (χ0v) is 22.2. The summed E-state index contributed by atoms with van der Waals surface area (Å²) in [7, 11) is 0. The van der Waals surface area contributed by atoms with Crippen LogP contribution in [0, 0.1) is 6.92 Å². The van der Waals surface area contributed by atoms with Crippen LogP contribution < -0.4 is 10.5 Å². The van der Waals surface area contributed by atoms with E-state index in [1.54, 1.807) is 29.7 Å². The second-order valence-electron chi connectivity index (χ2n) is 11.0. The number of hydrogen-bond acceptors (Lipinski definition) is 4. The van der Waals surface area contributed by atoms with Crippen molar-refractivity contribution in [2.75, 3.05) is 6.61 Å². The highest BCUT2D eigenvalue weighted by Gasteiger charge is 2.28. The van der Waals surface area contributed by atoms with Crippen molar-refractivity contribution >= 4 is 23.2 Å². The molecular weight excluding hydrogens is 456 g/mol. The average molecular weight is 493 g/mol. The summed E-state index contributed by atoms with van der Waals surface area (Å²) < 4.78 is 7.29. The molecule has 0 atom stereocenters. The van der Waals surface area contributed by atoms with E-state index in [-0.39, 0.29) is 22.1 Å². The van der Waals surface area contributed by atoms with Gasteiger partial charge in [-0.15, -0.1) is 0 Å². The summed E-state index contributed by atoms with van der Waals surface area (Å²) in [6.45, 7) is 14.4. The quantitative estimate of drug-likeness (QED) is 0.324. The largest absolute Gasteiger partial charge is 0.480 e. The molecule has 0 aliphatic rings. The Morgan fingerprint density at radius 2 is 1.69 bits per heavy atom. The van der Waals surface area contributed by atoms with Crippen molar-refractivity contribution in [1.82, 2.24) is 4.40 Å². The summed E-state index contributed by atoms with van der Waals surface area (Å²) in [5.74, 6) is -2.85. The minimum absolute atomic E-state index is 0.0166. The second-order valence-corrected chi connectivity index (χ2v) is 11.0. The van der Waals surface area contributed by atoms with E-state index < -0.39 is 24.3 Å². The number of pyridine rings is 1. The normalized spacial score (nSPS) is 12.1. The zero-order valence-electron chi connectivity index (χ0n) is 22.2. The van der Waals surface area contributed by atoms with Gasteiger partial charge in [0.1, 0.15) is 5.75 Å². The molecule has 0 unspecified atom stereocenters. The van der Waals surface area contributed by atoms with Crippen LogP contribution in [0.1, 0.15) is 86.3 Å². The van der Waals surface area contributed by atoms with Crippen molar-refractivity contribution < 1.29 is 24.2 Å². The first-order valence-corrected chi connectivity index (χ1v) is 12.1. The van der Waals surface area contributed by atoms with Gasteiger partial charge in [-0.3, -0.25) is 9.59 Å². The van der Waals surface area contributed by atoms with Crippen LogP contribution in [0.15, 0.2) is 36.5 Å². The third kappa shape index (κ3) is 5.30. The Hall–Kier alpha value is -3.61. The summed E-state index contributed by atoms with van der Waals surface area (Å²) in [6, 6.07) is 9.98. The number of nitrogens with zero attached hydrogens (tertiary/aromatic N) is 1. The molecule has 1 aromatic carbocycles. The van der Waals surface area contributed by atoms with Gasteiger partial charge < -0.3 is 20.0 Å². The smallest absolute Gasteiger partial charge is 0.341 e. The number of aliphatic carboxylic acids is 1. The van der Waals surface area contributed by atoms with Gasteiger partial charge in [-0.1, -0.05) is 59.7 Å². The van der Waals surface area contributed by atoms with E-state index in [0.717, 1.165) is 17.7 Å². The van der Waals surface area contributed by atoms with Gasteiger partial charge >= 0.3 is 5.97 Å². The third-order valence-corrected chi connectivity index (χ3v) is 6.99. The Morgan fingerprint density at radius 3 is 2.25 bits per heavy atom. The Labute approximate surface area is 212 Å². The molecule has 36 heavy (non-hydrogen) atoms. The molecule has 0 spiro atoms. The van der Waals surface area contributed by atoms with E-state index in [4.69, 9.17) is 15.6 Å². The minimum Gasteiger partial charge on any atom is -0.480 e. The number of amides is 1. The monoisotopic (exact) mass is 492 g/mol. The predicted molar refractivity (Wildman–Crippen MR) is 140 cm³/mol. The van der Waals surface area contributed by atoms with E-state index in [1.165, 1.54) is 11.1 Å². The van der Waals surface area contributed by atoms with E-state index in [1.807, 2.05) is 0 Å². The van der Waals surface area contributed by atoms with Gasteiger partial charge in [0.05, 0.1) is 11.1 Å². The maximum Gasteiger partial charge on any atom is 0.341 e. The molecule has 192 valence electrons. The Bertz CT molecular complexity index is 1340. The van der Waals surface area contributed by atoms with Crippen molar-refractivity contribution in [3.63, 3.8) is 0 Å². The molecule has 0 bridgehead atoms. The van der Waals surface area contributed by atoms with Crippen molar-refractivity contribution in [3.05, 3.63) is 70.0 Å². The van der Waals surface area contributed by atoms with Gasteiger partial charge in [-0.25, -0.2) is 4.79 Å². The van der Waals surface area contributed by atoms with Crippen molar-refractivity contribution in [1.29, 1.82) is 0 Å². The standard InChI is InChI=1S/C29H36N2O5/c1-8-29(6,7)20-13-18(12-19(15-20)28(3,4)5)14-21-17(2)24(26(34)27(30)35)25-22(36-16-23(32)33)10-9-11-31(21)25/h9-13,15H,8,14,16H2,1-7H3,(H2,30,35)(H,32,33). The zero-order chi connectivity index (χ0) is 27.0. The number of fused-ring (bicyclic) bond motifs is 1. The first kappa shape index (κ1) is 27.0. The van der Waals surface area contributed by atoms with E-state index in [2.05, 4.69) is 59.7 Å². The predicted octanol–water partition coefficient (Wildman–Crippen LogP) is 4.96. The molecule has 0 saturated heterocycles. The van der Waals surface area contributed by atoms with E-state index in [0.29, 0.717) is 17.5 Å². The van der Waals surface area contributed by atoms with Crippen molar-refractivity contribution in [2.24, 2.45) is 5.73 Å². The molecule has 0 fully saturated rings. The van der Waals surface area contributed by atoms with E-state index in [9.17, 15) is 14.4 Å². The summed E-state index contributed by atoms with van der Waals surface area (Å²) in [6.07, 6.45) is 3.26. The average Bonchev–Trinajstić information content (AvgIpc) is 3.08. The highest BCUT2D eigenvalue weighted by molar-refractivity contribution is 6.44. The fourth-order valence-corrected chi connectivity index (χ4v) is 4.35. The molecule has 7 heteroatoms. The summed E-state index contributed by atoms with van der Waals surface area (Å²) in [4.78, 5) is 35.9. The Kier molecular flexibility index (Phi) is 7.35. The number of primary amides is 1. The third-order valence-electron chi connectivity index (χ3n) is 6.99. The Balaban J connectivity index is 2.27. The summed E-state index contributed by atoms with van der Waals surface area (Å²) in [5, 5.41) is 9.10. The van der Waals surface area contributed by atoms with E-state index >= 15 is 0 Å². The molecule has 3 aromatic rings. The van der Waals surface area contributed by atoms with Gasteiger partial charge in [0.2, 0.25) is 0 Å². The first-order valence-electron chi connectivity index (χ1n) is 12.1. The molecule has 2 aromatic heterocycles. The SMILES string of the molecule is CCC(C)(C)c1cc(Cc2c(C)c(C(=O)C(N)=O)c3c(OCC(=O)O)cccn23)cc(C(C)(C)C)c1. The van der Waals surface area contributed by atoms with Crippen LogP contribution in [0.2, 0.25) is 0 Å². The van der Waals surface area contributed by atoms with Gasteiger partial charge in [0.25, 0.3) is 11.7 Å². The van der Waals surface area contributed by atoms with Gasteiger partial charge in [0.15, 0.2) is 6.61 Å². The highest BCUT2D eigenvalue weighted by atomic mass is 16.5. The fraction of sp³-hybridized carbons (Fsp3) is 0.414. The molecule has 3 N–H and O–H groups in total. The highest BCUT2D eigenvalue weighted by Crippen LogP contribution is 2.35. The lowest BCUT2D eigenvalue weighted by Crippen LogP contribution is -2.23. The molecule has 1 amide bonds. The number of ether oxygens (including phenoxy) is 1. The number of rotatable bonds is 9. The maximum atomic E-state index is 12.9. The minimum atomic E-state index is -1.15. The van der Waals surface area contributed by atoms with Gasteiger partial charge in [0, 0.05) is 18.3 Å². The van der Waals surface area contributed by atoms with Crippen LogP contribution >= 0.6 is 0 Å². The topological polar surface area (TPSA) is 111 Å². The number of benzene rings is 1. The number of hydrogen-bond donors (Lipinski definition) is 2. The van der Waals surface area contributed by atoms with Crippen LogP contribution in [0.5, 0.6) is 5.75 Å². The van der Waals surface area contributed by atoms with Crippen LogP contribution in [-0.4, -0.2) is 33.8 Å². The number of nitrogens with two attached hydrogens (primary N) is 1. The number of aromatic nitrogens is 1. The van der Waals surface area contributed by atoms with Crippen LogP contribution in [0.3, 0.4) is 0 Å². The molecule has 3 rings (SSSR count). The van der Waals surface area contributed by atoms with Gasteiger partial charge in [-0.2, -0.15) is 0 Å². The lowest BCUT2D eigenvalue weighted by molar-refractivity contribution is -0.139. The molecule has 0 radical (unpaired) electrons. The summed E-state index contributed by atoms with van der Waals surface area (Å²) in [5.41, 5.74) is 10.7. The molecule has 0 saturated carbocycles. The molecular formula is C29H36N2O5. The number of Topliss-reactive ketones (excluding diaryl/α,β-unsaturated/α-hetero) is 1. The number of carboxylic acid groups (broad SMARTS) is 1.